The number of amides is 1. The fraction of sp³-hybridized carbons (Fsp3) is 0.129. The number of benzene rings is 4. The normalized spacial score (nSPS) is 11.4. The molecule has 0 saturated heterocycles. The molecule has 0 aliphatic heterocycles. The lowest BCUT2D eigenvalue weighted by molar-refractivity contribution is 0.0964. The molecule has 4 aromatic carbocycles. The predicted molar refractivity (Wildman–Crippen MR) is 155 cm³/mol. The monoisotopic (exact) mass is 558 g/mol. The molecule has 0 aliphatic rings. The molecule has 0 aliphatic carbocycles. The van der Waals surface area contributed by atoms with Crippen LogP contribution in [-0.2, 0) is 16.4 Å². The number of para-hydroxylation sites is 1. The minimum absolute atomic E-state index is 0.178. The zero-order chi connectivity index (χ0) is 28.3. The van der Waals surface area contributed by atoms with Crippen molar-refractivity contribution in [1.29, 1.82) is 0 Å². The minimum Gasteiger partial charge on any atom is -0.496 e. The Bertz CT molecular complexity index is 1780. The third-order valence-electron chi connectivity index (χ3n) is 6.57. The predicted octanol–water partition coefficient (Wildman–Crippen LogP) is 6.26. The lowest BCUT2D eigenvalue weighted by Crippen LogP contribution is -2.19. The Hall–Kier alpha value is -4.63. The number of carbonyl (C=O) groups is 1. The van der Waals surface area contributed by atoms with Crippen LogP contribution in [0.25, 0.3) is 33.4 Å². The van der Waals surface area contributed by atoms with Gasteiger partial charge >= 0.3 is 0 Å². The summed E-state index contributed by atoms with van der Waals surface area (Å²) in [6, 6.07) is 25.5. The summed E-state index contributed by atoms with van der Waals surface area (Å²) in [5, 5.41) is 3.13. The van der Waals surface area contributed by atoms with Crippen molar-refractivity contribution in [3.63, 3.8) is 0 Å². The van der Waals surface area contributed by atoms with Gasteiger partial charge in [-0.3, -0.25) is 9.52 Å². The Morgan fingerprint density at radius 1 is 0.925 bits per heavy atom. The maximum atomic E-state index is 13.6. The fourth-order valence-electron chi connectivity index (χ4n) is 4.61. The molecule has 5 aromatic rings. The minimum atomic E-state index is -3.81. The standard InChI is InChI=1S/C31H27FN2O5S/c1-33-31(35)29-25-18-24(20-8-4-3-5-9-20)26(19-28(25)39-30(29)22-12-14-23(32)15-13-22)34-40(36,37)17-16-21-10-6-7-11-27(21)38-2/h3-15,18-19,34H,16-17H2,1-2H3,(H,33,35). The van der Waals surface area contributed by atoms with E-state index in [-0.39, 0.29) is 29.4 Å². The van der Waals surface area contributed by atoms with Crippen molar-refractivity contribution < 1.29 is 26.8 Å². The number of hydrogen-bond donors (Lipinski definition) is 2. The number of rotatable bonds is 9. The van der Waals surface area contributed by atoms with Crippen LogP contribution in [0.4, 0.5) is 10.1 Å². The van der Waals surface area contributed by atoms with E-state index in [1.807, 2.05) is 48.5 Å². The molecule has 0 fully saturated rings. The van der Waals surface area contributed by atoms with E-state index in [0.717, 1.165) is 11.1 Å². The zero-order valence-electron chi connectivity index (χ0n) is 21.9. The van der Waals surface area contributed by atoms with Crippen LogP contribution < -0.4 is 14.8 Å². The van der Waals surface area contributed by atoms with Crippen LogP contribution in [0.5, 0.6) is 5.75 Å². The average molecular weight is 559 g/mol. The van der Waals surface area contributed by atoms with E-state index in [9.17, 15) is 17.6 Å². The highest BCUT2D eigenvalue weighted by Gasteiger charge is 2.25. The van der Waals surface area contributed by atoms with Gasteiger partial charge < -0.3 is 14.5 Å². The van der Waals surface area contributed by atoms with Crippen LogP contribution in [-0.4, -0.2) is 34.2 Å². The largest absolute Gasteiger partial charge is 0.496 e. The molecule has 7 nitrogen and oxygen atoms in total. The molecule has 0 atom stereocenters. The molecule has 0 radical (unpaired) electrons. The van der Waals surface area contributed by atoms with Crippen LogP contribution in [0.3, 0.4) is 0 Å². The maximum absolute atomic E-state index is 13.6. The summed E-state index contributed by atoms with van der Waals surface area (Å²) in [6.07, 6.45) is 0.249. The summed E-state index contributed by atoms with van der Waals surface area (Å²) in [5.74, 6) is -0.110. The zero-order valence-corrected chi connectivity index (χ0v) is 22.7. The van der Waals surface area contributed by atoms with Gasteiger partial charge in [0, 0.05) is 29.6 Å². The number of methoxy groups -OCH3 is 1. The summed E-state index contributed by atoms with van der Waals surface area (Å²) < 4.78 is 54.4. The van der Waals surface area contributed by atoms with Crippen LogP contribution in [0.1, 0.15) is 15.9 Å². The molecule has 0 spiro atoms. The van der Waals surface area contributed by atoms with Crippen molar-refractivity contribution in [2.45, 2.75) is 6.42 Å². The molecule has 1 amide bonds. The molecule has 204 valence electrons. The summed E-state index contributed by atoms with van der Waals surface area (Å²) in [5.41, 5.74) is 3.49. The van der Waals surface area contributed by atoms with Crippen molar-refractivity contribution >= 4 is 32.6 Å². The Balaban J connectivity index is 1.61. The average Bonchev–Trinajstić information content (AvgIpc) is 3.34. The van der Waals surface area contributed by atoms with E-state index in [0.29, 0.717) is 33.5 Å². The third-order valence-corrected chi connectivity index (χ3v) is 7.84. The molecule has 1 aromatic heterocycles. The topological polar surface area (TPSA) is 97.6 Å². The summed E-state index contributed by atoms with van der Waals surface area (Å²) in [4.78, 5) is 13.0. The molecule has 40 heavy (non-hydrogen) atoms. The van der Waals surface area contributed by atoms with Gasteiger partial charge in [-0.05, 0) is 53.9 Å². The van der Waals surface area contributed by atoms with Crippen molar-refractivity contribution in [3.05, 3.63) is 108 Å². The first-order valence-corrected chi connectivity index (χ1v) is 14.2. The number of anilines is 1. The number of aryl methyl sites for hydroxylation is 1. The van der Waals surface area contributed by atoms with E-state index in [1.54, 1.807) is 25.3 Å². The number of fused-ring (bicyclic) bond motifs is 1. The molecule has 5 rings (SSSR count). The van der Waals surface area contributed by atoms with E-state index in [4.69, 9.17) is 9.15 Å². The molecule has 1 heterocycles. The van der Waals surface area contributed by atoms with Gasteiger partial charge in [0.2, 0.25) is 10.0 Å². The van der Waals surface area contributed by atoms with Crippen LogP contribution in [0.2, 0.25) is 0 Å². The van der Waals surface area contributed by atoms with E-state index < -0.39 is 15.8 Å². The molecule has 0 unspecified atom stereocenters. The highest BCUT2D eigenvalue weighted by atomic mass is 32.2. The SMILES string of the molecule is CNC(=O)c1c(-c2ccc(F)cc2)oc2cc(NS(=O)(=O)CCc3ccccc3OC)c(-c3ccccc3)cc12. The first-order chi connectivity index (χ1) is 19.3. The number of halogens is 1. The number of sulfonamides is 1. The van der Waals surface area contributed by atoms with Crippen LogP contribution in [0, 0.1) is 5.82 Å². The summed E-state index contributed by atoms with van der Waals surface area (Å²) >= 11 is 0. The first kappa shape index (κ1) is 27.0. The van der Waals surface area contributed by atoms with Gasteiger partial charge in [0.15, 0.2) is 0 Å². The lowest BCUT2D eigenvalue weighted by atomic mass is 9.99. The van der Waals surface area contributed by atoms with Gasteiger partial charge in [0.1, 0.15) is 22.9 Å². The van der Waals surface area contributed by atoms with E-state index >= 15 is 0 Å². The third kappa shape index (κ3) is 5.55. The highest BCUT2D eigenvalue weighted by Crippen LogP contribution is 2.40. The van der Waals surface area contributed by atoms with Crippen LogP contribution in [0.15, 0.2) is 95.4 Å². The molecular formula is C31H27FN2O5S. The van der Waals surface area contributed by atoms with Crippen LogP contribution >= 0.6 is 0 Å². The van der Waals surface area contributed by atoms with E-state index in [1.165, 1.54) is 31.3 Å². The van der Waals surface area contributed by atoms with Gasteiger partial charge in [0.25, 0.3) is 5.91 Å². The number of carbonyl (C=O) groups excluding carboxylic acids is 1. The molecule has 0 bridgehead atoms. The smallest absolute Gasteiger partial charge is 0.255 e. The Morgan fingerprint density at radius 3 is 2.33 bits per heavy atom. The Morgan fingerprint density at radius 2 is 1.62 bits per heavy atom. The quantitative estimate of drug-likeness (QED) is 0.223. The number of hydrogen-bond acceptors (Lipinski definition) is 5. The number of nitrogens with one attached hydrogen (secondary N) is 2. The number of furan rings is 1. The van der Waals surface area contributed by atoms with Gasteiger partial charge in [-0.2, -0.15) is 0 Å². The Labute approximate surface area is 231 Å². The molecule has 2 N–H and O–H groups in total. The first-order valence-electron chi connectivity index (χ1n) is 12.6. The highest BCUT2D eigenvalue weighted by molar-refractivity contribution is 7.92. The van der Waals surface area contributed by atoms with Crippen molar-refractivity contribution in [3.8, 4) is 28.2 Å². The van der Waals surface area contributed by atoms with Crippen molar-refractivity contribution in [2.24, 2.45) is 0 Å². The summed E-state index contributed by atoms with van der Waals surface area (Å²) in [7, 11) is -0.749. The van der Waals surface area contributed by atoms with Gasteiger partial charge in [-0.25, -0.2) is 12.8 Å². The second-order valence-corrected chi connectivity index (χ2v) is 11.0. The maximum Gasteiger partial charge on any atom is 0.255 e. The lowest BCUT2D eigenvalue weighted by Gasteiger charge is -2.14. The molecule has 9 heteroatoms. The van der Waals surface area contributed by atoms with Gasteiger partial charge in [0.05, 0.1) is 24.1 Å². The van der Waals surface area contributed by atoms with Gasteiger partial charge in [-0.15, -0.1) is 0 Å². The van der Waals surface area contributed by atoms with Crippen molar-refractivity contribution in [1.82, 2.24) is 5.32 Å². The Kier molecular flexibility index (Phi) is 7.57. The second kappa shape index (κ2) is 11.2. The molecule has 0 saturated carbocycles. The summed E-state index contributed by atoms with van der Waals surface area (Å²) in [6.45, 7) is 0. The number of ether oxygens (including phenoxy) is 1. The second-order valence-electron chi connectivity index (χ2n) is 9.13. The fourth-order valence-corrected chi connectivity index (χ4v) is 5.71. The van der Waals surface area contributed by atoms with Crippen molar-refractivity contribution in [2.75, 3.05) is 24.6 Å². The molecular weight excluding hydrogens is 531 g/mol. The van der Waals surface area contributed by atoms with E-state index in [2.05, 4.69) is 10.0 Å². The van der Waals surface area contributed by atoms with Gasteiger partial charge in [-0.1, -0.05) is 48.5 Å².